The Morgan fingerprint density at radius 1 is 1.24 bits per heavy atom. The molecule has 0 unspecified atom stereocenters. The highest BCUT2D eigenvalue weighted by Gasteiger charge is 2.24. The van der Waals surface area contributed by atoms with Crippen molar-refractivity contribution in [3.05, 3.63) is 58.8 Å². The minimum Gasteiger partial charge on any atom is -0.493 e. The molecule has 1 aromatic heterocycles. The van der Waals surface area contributed by atoms with Gasteiger partial charge in [-0.15, -0.1) is 0 Å². The van der Waals surface area contributed by atoms with E-state index in [1.807, 2.05) is 43.3 Å². The lowest BCUT2D eigenvalue weighted by Gasteiger charge is -2.32. The third-order valence-corrected chi connectivity index (χ3v) is 6.88. The molecule has 34 heavy (non-hydrogen) atoms. The molecule has 2 aromatic carbocycles. The summed E-state index contributed by atoms with van der Waals surface area (Å²) in [5.74, 6) is 1.56. The molecule has 0 spiro atoms. The summed E-state index contributed by atoms with van der Waals surface area (Å²) in [7, 11) is 1.66. The molecule has 6 nitrogen and oxygen atoms in total. The Bertz CT molecular complexity index is 1130. The number of hydrogen-bond acceptors (Lipinski definition) is 5. The van der Waals surface area contributed by atoms with E-state index >= 15 is 0 Å². The van der Waals surface area contributed by atoms with Crippen molar-refractivity contribution in [2.45, 2.75) is 26.3 Å². The number of halogens is 1. The molecular weight excluding hydrogens is 470 g/mol. The fraction of sp³-hybridized carbons (Fsp3) is 0.423. The monoisotopic (exact) mass is 501 g/mol. The van der Waals surface area contributed by atoms with Crippen LogP contribution in [0.25, 0.3) is 11.0 Å². The zero-order chi connectivity index (χ0) is 24.1. The number of morpholine rings is 1. The highest BCUT2D eigenvalue weighted by atomic mass is 35.5. The van der Waals surface area contributed by atoms with Crippen LogP contribution < -0.4 is 10.1 Å². The smallest absolute Gasteiger partial charge is 0.176 e. The number of para-hydroxylation sites is 1. The van der Waals surface area contributed by atoms with E-state index in [-0.39, 0.29) is 6.04 Å². The highest BCUT2D eigenvalue weighted by molar-refractivity contribution is 7.80. The maximum absolute atomic E-state index is 6.48. The highest BCUT2D eigenvalue weighted by Crippen LogP contribution is 2.33. The molecule has 182 valence electrons. The molecule has 1 aliphatic heterocycles. The van der Waals surface area contributed by atoms with Crippen molar-refractivity contribution in [2.75, 3.05) is 51.8 Å². The fourth-order valence-corrected chi connectivity index (χ4v) is 4.89. The number of thiocarbonyl (C=S) groups is 1. The van der Waals surface area contributed by atoms with Crippen molar-refractivity contribution in [3.8, 4) is 5.75 Å². The summed E-state index contributed by atoms with van der Waals surface area (Å²) in [5, 5.41) is 5.64. The molecular formula is C26H32ClN3O3S. The number of aryl methyl sites for hydroxylation is 1. The predicted octanol–water partition coefficient (Wildman–Crippen LogP) is 5.89. The van der Waals surface area contributed by atoms with Crippen LogP contribution in [0.15, 0.2) is 46.9 Å². The van der Waals surface area contributed by atoms with Gasteiger partial charge in [0.2, 0.25) is 0 Å². The number of benzene rings is 2. The first kappa shape index (κ1) is 24.8. The number of ether oxygens (including phenoxy) is 2. The SMILES string of the molecule is COc1cccc2cc([C@H](C)N(CCCN3CCOCC3)C(=S)Nc3ccc(C)cc3Cl)oc12. The number of nitrogens with zero attached hydrogens (tertiary/aromatic N) is 2. The third kappa shape index (κ3) is 5.84. The first-order chi connectivity index (χ1) is 16.5. The third-order valence-electron chi connectivity index (χ3n) is 6.23. The van der Waals surface area contributed by atoms with Crippen molar-refractivity contribution >= 4 is 45.6 Å². The normalized spacial score (nSPS) is 15.3. The summed E-state index contributed by atoms with van der Waals surface area (Å²) in [4.78, 5) is 4.61. The summed E-state index contributed by atoms with van der Waals surface area (Å²) in [6.45, 7) is 9.45. The molecule has 4 rings (SSSR count). The number of anilines is 1. The second kappa shape index (κ2) is 11.4. The minimum atomic E-state index is -0.0778. The number of furan rings is 1. The summed E-state index contributed by atoms with van der Waals surface area (Å²) >= 11 is 12.4. The standard InChI is InChI=1S/C26H32ClN3O3S/c1-18-8-9-22(21(27)16-18)28-26(34)30(11-5-10-29-12-14-32-15-13-29)19(2)24-17-20-6-4-7-23(31-3)25(20)33-24/h4,6-9,16-17,19H,5,10-15H2,1-3H3,(H,28,34)/t19-/m0/s1. The van der Waals surface area contributed by atoms with E-state index in [1.165, 1.54) is 0 Å². The van der Waals surface area contributed by atoms with E-state index in [1.54, 1.807) is 7.11 Å². The van der Waals surface area contributed by atoms with Crippen molar-refractivity contribution in [1.82, 2.24) is 9.80 Å². The zero-order valence-electron chi connectivity index (χ0n) is 20.0. The average molecular weight is 502 g/mol. The minimum absolute atomic E-state index is 0.0778. The van der Waals surface area contributed by atoms with Gasteiger partial charge >= 0.3 is 0 Å². The van der Waals surface area contributed by atoms with Crippen LogP contribution in [0.2, 0.25) is 5.02 Å². The molecule has 0 bridgehead atoms. The molecule has 0 radical (unpaired) electrons. The number of hydrogen-bond donors (Lipinski definition) is 1. The molecule has 1 fully saturated rings. The Morgan fingerprint density at radius 3 is 2.76 bits per heavy atom. The van der Waals surface area contributed by atoms with E-state index in [2.05, 4.69) is 28.1 Å². The van der Waals surface area contributed by atoms with Gasteiger partial charge in [-0.1, -0.05) is 29.8 Å². The fourth-order valence-electron chi connectivity index (χ4n) is 4.25. The van der Waals surface area contributed by atoms with Gasteiger partial charge in [-0.05, 0) is 62.3 Å². The molecule has 0 saturated carbocycles. The van der Waals surface area contributed by atoms with Crippen molar-refractivity contribution in [1.29, 1.82) is 0 Å². The Hall–Kier alpha value is -2.32. The van der Waals surface area contributed by atoms with Gasteiger partial charge in [-0.2, -0.15) is 0 Å². The van der Waals surface area contributed by atoms with Gasteiger partial charge in [-0.3, -0.25) is 4.90 Å². The summed E-state index contributed by atoms with van der Waals surface area (Å²) in [5.41, 5.74) is 2.66. The molecule has 0 aliphatic carbocycles. The number of nitrogens with one attached hydrogen (secondary N) is 1. The lowest BCUT2D eigenvalue weighted by Crippen LogP contribution is -2.41. The lowest BCUT2D eigenvalue weighted by atomic mass is 10.2. The topological polar surface area (TPSA) is 50.1 Å². The average Bonchev–Trinajstić information content (AvgIpc) is 3.28. The first-order valence-electron chi connectivity index (χ1n) is 11.7. The predicted molar refractivity (Wildman–Crippen MR) is 142 cm³/mol. The van der Waals surface area contributed by atoms with E-state index in [0.717, 1.165) is 79.5 Å². The Kier molecular flexibility index (Phi) is 8.32. The van der Waals surface area contributed by atoms with Crippen molar-refractivity contribution in [2.24, 2.45) is 0 Å². The molecule has 8 heteroatoms. The van der Waals surface area contributed by atoms with E-state index in [4.69, 9.17) is 37.7 Å². The van der Waals surface area contributed by atoms with Gasteiger partial charge in [0.15, 0.2) is 16.4 Å². The van der Waals surface area contributed by atoms with Gasteiger partial charge in [-0.25, -0.2) is 0 Å². The van der Waals surface area contributed by atoms with E-state index < -0.39 is 0 Å². The molecule has 3 aromatic rings. The lowest BCUT2D eigenvalue weighted by molar-refractivity contribution is 0.0365. The Morgan fingerprint density at radius 2 is 2.03 bits per heavy atom. The second-order valence-corrected chi connectivity index (χ2v) is 9.41. The van der Waals surface area contributed by atoms with E-state index in [0.29, 0.717) is 10.1 Å². The molecule has 1 saturated heterocycles. The van der Waals surface area contributed by atoms with Crippen LogP contribution in [0.3, 0.4) is 0 Å². The number of fused-ring (bicyclic) bond motifs is 1. The van der Waals surface area contributed by atoms with E-state index in [9.17, 15) is 0 Å². The molecule has 2 heterocycles. The first-order valence-corrected chi connectivity index (χ1v) is 12.4. The van der Waals surface area contributed by atoms with Crippen molar-refractivity contribution in [3.63, 3.8) is 0 Å². The molecule has 0 amide bonds. The molecule has 1 N–H and O–H groups in total. The number of methoxy groups -OCH3 is 1. The molecule has 1 aliphatic rings. The Labute approximate surface area is 211 Å². The van der Waals surface area contributed by atoms with Gasteiger partial charge in [0.25, 0.3) is 0 Å². The van der Waals surface area contributed by atoms with Crippen LogP contribution in [0, 0.1) is 6.92 Å². The van der Waals surface area contributed by atoms with Gasteiger partial charge in [0.1, 0.15) is 5.76 Å². The van der Waals surface area contributed by atoms with Gasteiger partial charge in [0.05, 0.1) is 37.1 Å². The maximum atomic E-state index is 6.48. The number of rotatable bonds is 8. The second-order valence-electron chi connectivity index (χ2n) is 8.62. The van der Waals surface area contributed by atoms with Crippen LogP contribution in [0.5, 0.6) is 5.75 Å². The zero-order valence-corrected chi connectivity index (χ0v) is 21.5. The molecule has 1 atom stereocenters. The van der Waals surface area contributed by atoms with Gasteiger partial charge in [0, 0.05) is 31.6 Å². The quantitative estimate of drug-likeness (QED) is 0.386. The summed E-state index contributed by atoms with van der Waals surface area (Å²) in [6.07, 6.45) is 0.970. The van der Waals surface area contributed by atoms with Crippen LogP contribution in [0.4, 0.5) is 5.69 Å². The summed E-state index contributed by atoms with van der Waals surface area (Å²) < 4.78 is 17.2. The van der Waals surface area contributed by atoms with Crippen LogP contribution in [-0.2, 0) is 4.74 Å². The van der Waals surface area contributed by atoms with Gasteiger partial charge < -0.3 is 24.1 Å². The largest absolute Gasteiger partial charge is 0.493 e. The van der Waals surface area contributed by atoms with Crippen LogP contribution in [-0.4, -0.2) is 61.4 Å². The summed E-state index contributed by atoms with van der Waals surface area (Å²) in [6, 6.07) is 13.8. The van der Waals surface area contributed by atoms with Crippen LogP contribution >= 0.6 is 23.8 Å². The van der Waals surface area contributed by atoms with Crippen molar-refractivity contribution < 1.29 is 13.9 Å². The maximum Gasteiger partial charge on any atom is 0.176 e. The van der Waals surface area contributed by atoms with Crippen LogP contribution in [0.1, 0.15) is 30.7 Å². The Balaban J connectivity index is 1.54.